The number of hydrogen-bond donors (Lipinski definition) is 9. The smallest absolute Gasteiger partial charge is 0.220 e. The summed E-state index contributed by atoms with van der Waals surface area (Å²) in [6, 6.07) is -0.943. The maximum atomic E-state index is 13.3. The number of aliphatic hydroxyl groups excluding tert-OH is 8. The maximum Gasteiger partial charge on any atom is 0.220 e. The number of aliphatic hydroxyl groups is 8. The molecule has 12 atom stereocenters. The highest BCUT2D eigenvalue weighted by Gasteiger charge is 2.51. The van der Waals surface area contributed by atoms with Gasteiger partial charge in [-0.05, 0) is 96.3 Å². The molecule has 0 bridgehead atoms. The second-order valence-electron chi connectivity index (χ2n) is 23.9. The van der Waals surface area contributed by atoms with Crippen molar-refractivity contribution in [3.05, 3.63) is 122 Å². The Morgan fingerprint density at radius 1 is 0.420 bits per heavy atom. The Morgan fingerprint density at radius 3 is 1.25 bits per heavy atom. The van der Waals surface area contributed by atoms with Gasteiger partial charge in [0.05, 0.1) is 32.0 Å². The van der Waals surface area contributed by atoms with Crippen molar-refractivity contribution < 1.29 is 64.6 Å². The van der Waals surface area contributed by atoms with Gasteiger partial charge in [0.25, 0.3) is 0 Å². The van der Waals surface area contributed by atoms with E-state index in [0.717, 1.165) is 89.9 Å². The monoisotopic (exact) mass is 1240 g/mol. The van der Waals surface area contributed by atoms with E-state index < -0.39 is 86.8 Å². The molecule has 88 heavy (non-hydrogen) atoms. The molecule has 504 valence electrons. The topological polar surface area (TPSA) is 228 Å². The van der Waals surface area contributed by atoms with Crippen LogP contribution in [0.2, 0.25) is 0 Å². The molecule has 14 heteroatoms. The fourth-order valence-electron chi connectivity index (χ4n) is 10.6. The van der Waals surface area contributed by atoms with Crippen molar-refractivity contribution in [3.8, 4) is 0 Å². The number of allylic oxidation sites excluding steroid dienone is 19. The molecular formula is C74H125NO13. The Morgan fingerprint density at radius 2 is 0.795 bits per heavy atom. The van der Waals surface area contributed by atoms with Crippen LogP contribution in [-0.2, 0) is 23.7 Å². The first-order chi connectivity index (χ1) is 43.1. The summed E-state index contributed by atoms with van der Waals surface area (Å²) in [6.45, 7) is 2.67. The van der Waals surface area contributed by atoms with E-state index in [4.69, 9.17) is 18.9 Å². The molecule has 0 aliphatic carbocycles. The number of ether oxygens (including phenoxy) is 4. The third kappa shape index (κ3) is 41.0. The minimum Gasteiger partial charge on any atom is -0.394 e. The van der Waals surface area contributed by atoms with E-state index in [1.165, 1.54) is 122 Å². The van der Waals surface area contributed by atoms with E-state index in [9.17, 15) is 45.6 Å². The lowest BCUT2D eigenvalue weighted by atomic mass is 9.97. The van der Waals surface area contributed by atoms with E-state index in [0.29, 0.717) is 12.8 Å². The van der Waals surface area contributed by atoms with Gasteiger partial charge in [0, 0.05) is 6.42 Å². The van der Waals surface area contributed by atoms with Crippen molar-refractivity contribution in [1.29, 1.82) is 0 Å². The zero-order chi connectivity index (χ0) is 63.8. The van der Waals surface area contributed by atoms with Crippen molar-refractivity contribution in [2.75, 3.05) is 19.8 Å². The van der Waals surface area contributed by atoms with Crippen molar-refractivity contribution >= 4 is 5.91 Å². The van der Waals surface area contributed by atoms with Gasteiger partial charge < -0.3 is 65.1 Å². The van der Waals surface area contributed by atoms with Gasteiger partial charge in [-0.25, -0.2) is 0 Å². The molecule has 2 heterocycles. The summed E-state index contributed by atoms with van der Waals surface area (Å²) in [5.41, 5.74) is 0. The van der Waals surface area contributed by atoms with Crippen LogP contribution in [0.1, 0.15) is 245 Å². The van der Waals surface area contributed by atoms with E-state index >= 15 is 0 Å². The van der Waals surface area contributed by atoms with Crippen LogP contribution >= 0.6 is 0 Å². The Hall–Kier alpha value is -3.61. The molecule has 2 saturated heterocycles. The Bertz CT molecular complexity index is 1940. The van der Waals surface area contributed by atoms with Gasteiger partial charge in [0.1, 0.15) is 48.8 Å². The summed E-state index contributed by atoms with van der Waals surface area (Å²) in [4.78, 5) is 13.3. The Kier molecular flexibility index (Phi) is 52.4. The highest BCUT2D eigenvalue weighted by Crippen LogP contribution is 2.30. The molecule has 2 fully saturated rings. The van der Waals surface area contributed by atoms with Crippen molar-refractivity contribution in [2.24, 2.45) is 0 Å². The lowest BCUT2D eigenvalue weighted by Gasteiger charge is -2.46. The van der Waals surface area contributed by atoms with Crippen LogP contribution in [0.4, 0.5) is 0 Å². The van der Waals surface area contributed by atoms with Gasteiger partial charge in [0.2, 0.25) is 5.91 Å². The summed E-state index contributed by atoms with van der Waals surface area (Å²) in [5, 5.41) is 87.3. The SMILES string of the molecule is CC/C=C\C/C=C\C/C=C\C/C=C\C/C=C\C/C=C\C/C=C\C/C=C\CCCCCCCCCCCCC(=O)NC(COC1OC(CO)C(OC2OC(CO)C(O)C(O)C2O)C(O)C1O)C(O)/C=C/CC/C=C/CCCCCCCCCCCCCCC. The fraction of sp³-hybridized carbons (Fsp3) is 0.716. The second-order valence-corrected chi connectivity index (χ2v) is 23.9. The lowest BCUT2D eigenvalue weighted by molar-refractivity contribution is -0.359. The van der Waals surface area contributed by atoms with Crippen LogP contribution in [0.25, 0.3) is 0 Å². The zero-order valence-electron chi connectivity index (χ0n) is 54.7. The predicted molar refractivity (Wildman–Crippen MR) is 359 cm³/mol. The highest BCUT2D eigenvalue weighted by atomic mass is 16.7. The standard InChI is InChI=1S/C74H125NO13/c1-3-5-7-9-11-13-15-17-19-21-23-24-25-26-27-28-29-30-31-32-33-34-35-36-37-38-40-42-44-46-48-50-52-54-56-58-66(79)75-62(63(78)57-55-53-51-49-47-45-43-41-39-22-20-18-16-14-12-10-8-6-4-2)61-85-73-71(84)69(82)72(65(60-77)87-73)88-74-70(83)68(81)67(80)64(59-76)86-74/h5,7,11,13,17,19,23-24,26-27,29-30,32-33,35-36,47,49,55,57,62-65,67-74,76-78,80-84H,3-4,6,8-10,12,14-16,18,20-22,25,28,31,34,37-46,48,50-54,56,58-61H2,1-2H3,(H,75,79)/b7-5-,13-11-,19-17-,24-23-,27-26-,30-29-,33-32-,36-35-,49-47+,57-55+. The van der Waals surface area contributed by atoms with Crippen LogP contribution in [0.3, 0.4) is 0 Å². The molecule has 2 rings (SSSR count). The number of carbonyl (C=O) groups excluding carboxylic acids is 1. The number of unbranched alkanes of at least 4 members (excludes halogenated alkanes) is 24. The first kappa shape index (κ1) is 80.5. The molecule has 2 aliphatic heterocycles. The average Bonchev–Trinajstić information content (AvgIpc) is 1.84. The van der Waals surface area contributed by atoms with Crippen LogP contribution in [0.15, 0.2) is 122 Å². The molecule has 0 aromatic carbocycles. The minimum atomic E-state index is -1.80. The number of amides is 1. The summed E-state index contributed by atoms with van der Waals surface area (Å²) < 4.78 is 22.8. The third-order valence-electron chi connectivity index (χ3n) is 16.1. The van der Waals surface area contributed by atoms with E-state index in [1.54, 1.807) is 6.08 Å². The van der Waals surface area contributed by atoms with Crippen LogP contribution in [0, 0.1) is 0 Å². The van der Waals surface area contributed by atoms with E-state index in [1.807, 2.05) is 6.08 Å². The normalized spacial score (nSPS) is 23.9. The van der Waals surface area contributed by atoms with Gasteiger partial charge >= 0.3 is 0 Å². The molecule has 12 unspecified atom stereocenters. The fourth-order valence-corrected chi connectivity index (χ4v) is 10.6. The highest BCUT2D eigenvalue weighted by molar-refractivity contribution is 5.76. The molecule has 1 amide bonds. The van der Waals surface area contributed by atoms with E-state index in [-0.39, 0.29) is 18.9 Å². The van der Waals surface area contributed by atoms with Gasteiger partial charge in [-0.15, -0.1) is 0 Å². The predicted octanol–water partition coefficient (Wildman–Crippen LogP) is 14.1. The van der Waals surface area contributed by atoms with Gasteiger partial charge in [-0.2, -0.15) is 0 Å². The third-order valence-corrected chi connectivity index (χ3v) is 16.1. The number of rotatable bonds is 55. The molecule has 0 aromatic rings. The summed E-state index contributed by atoms with van der Waals surface area (Å²) in [6.07, 6.45) is 66.7. The molecule has 0 spiro atoms. The quantitative estimate of drug-likeness (QED) is 0.0204. The van der Waals surface area contributed by atoms with Gasteiger partial charge in [0.15, 0.2) is 12.6 Å². The van der Waals surface area contributed by atoms with Crippen molar-refractivity contribution in [1.82, 2.24) is 5.32 Å². The number of carbonyl (C=O) groups is 1. The number of hydrogen-bond acceptors (Lipinski definition) is 13. The van der Waals surface area contributed by atoms with Crippen LogP contribution in [-0.4, -0.2) is 140 Å². The summed E-state index contributed by atoms with van der Waals surface area (Å²) >= 11 is 0. The first-order valence-electron chi connectivity index (χ1n) is 34.8. The van der Waals surface area contributed by atoms with Gasteiger partial charge in [-0.3, -0.25) is 4.79 Å². The Labute approximate surface area is 533 Å². The van der Waals surface area contributed by atoms with Crippen molar-refractivity contribution in [3.63, 3.8) is 0 Å². The molecule has 14 nitrogen and oxygen atoms in total. The zero-order valence-corrected chi connectivity index (χ0v) is 54.7. The molecule has 0 saturated carbocycles. The van der Waals surface area contributed by atoms with Gasteiger partial charge in [-0.1, -0.05) is 264 Å². The van der Waals surface area contributed by atoms with E-state index in [2.05, 4.69) is 129 Å². The molecule has 0 aromatic heterocycles. The second kappa shape index (κ2) is 57.3. The molecule has 0 radical (unpaired) electrons. The summed E-state index contributed by atoms with van der Waals surface area (Å²) in [5.74, 6) is -0.258. The minimum absolute atomic E-state index is 0.258. The Balaban J connectivity index is 1.68. The van der Waals surface area contributed by atoms with Crippen LogP contribution < -0.4 is 5.32 Å². The first-order valence-corrected chi connectivity index (χ1v) is 34.8. The number of nitrogens with one attached hydrogen (secondary N) is 1. The summed E-state index contributed by atoms with van der Waals surface area (Å²) in [7, 11) is 0. The lowest BCUT2D eigenvalue weighted by Crippen LogP contribution is -2.65. The maximum absolute atomic E-state index is 13.3. The molecule has 2 aliphatic rings. The average molecular weight is 1240 g/mol. The molecule has 9 N–H and O–H groups in total. The van der Waals surface area contributed by atoms with Crippen molar-refractivity contribution in [2.45, 2.75) is 319 Å². The largest absolute Gasteiger partial charge is 0.394 e. The van der Waals surface area contributed by atoms with Crippen LogP contribution in [0.5, 0.6) is 0 Å². The molecular weight excluding hydrogens is 1110 g/mol.